The molecule has 1 aromatic rings. The van der Waals surface area contributed by atoms with Crippen LogP contribution in [0.4, 0.5) is 5.69 Å². The van der Waals surface area contributed by atoms with Crippen molar-refractivity contribution in [3.05, 3.63) is 23.8 Å². The number of amides is 1. The fraction of sp³-hybridized carbons (Fsp3) is 0.417. The van der Waals surface area contributed by atoms with E-state index < -0.39 is 0 Å². The van der Waals surface area contributed by atoms with E-state index >= 15 is 0 Å². The van der Waals surface area contributed by atoms with Crippen LogP contribution in [0.3, 0.4) is 0 Å². The van der Waals surface area contributed by atoms with Crippen LogP contribution in [0, 0.1) is 0 Å². The number of hydrogen-bond donors (Lipinski definition) is 1. The third-order valence-electron chi connectivity index (χ3n) is 2.54. The second-order valence-corrected chi connectivity index (χ2v) is 3.78. The maximum Gasteiger partial charge on any atom is 0.277 e. The molecule has 0 atom stereocenters. The quantitative estimate of drug-likeness (QED) is 0.807. The smallest absolute Gasteiger partial charge is 0.277 e. The van der Waals surface area contributed by atoms with Crippen molar-refractivity contribution >= 4 is 11.6 Å². The summed E-state index contributed by atoms with van der Waals surface area (Å²) in [5, 5.41) is 1.37. The summed E-state index contributed by atoms with van der Waals surface area (Å²) in [7, 11) is 0. The standard InChI is InChI=1S/C12H16N2O3/c1-2-16-11-5-4-9(8-10(11)13)12(15)14-6-3-7-17-14/h4-5,8H,2-3,6-7,13H2,1H3. The zero-order valence-electron chi connectivity index (χ0n) is 9.81. The van der Waals surface area contributed by atoms with Gasteiger partial charge in [-0.25, -0.2) is 5.06 Å². The summed E-state index contributed by atoms with van der Waals surface area (Å²) in [5.41, 5.74) is 6.80. The number of anilines is 1. The van der Waals surface area contributed by atoms with E-state index in [1.807, 2.05) is 6.92 Å². The molecule has 5 nitrogen and oxygen atoms in total. The summed E-state index contributed by atoms with van der Waals surface area (Å²) in [6.07, 6.45) is 0.873. The molecule has 0 saturated carbocycles. The molecule has 0 aliphatic carbocycles. The van der Waals surface area contributed by atoms with Crippen molar-refractivity contribution < 1.29 is 14.4 Å². The molecule has 1 heterocycles. The number of benzene rings is 1. The predicted octanol–water partition coefficient (Wildman–Crippen LogP) is 1.44. The molecular formula is C12H16N2O3. The average Bonchev–Trinajstić information content (AvgIpc) is 2.84. The maximum absolute atomic E-state index is 12.0. The van der Waals surface area contributed by atoms with E-state index in [2.05, 4.69) is 0 Å². The first-order valence-corrected chi connectivity index (χ1v) is 5.69. The first kappa shape index (κ1) is 11.7. The Bertz CT molecular complexity index is 414. The molecular weight excluding hydrogens is 220 g/mol. The van der Waals surface area contributed by atoms with Crippen LogP contribution >= 0.6 is 0 Å². The Morgan fingerprint density at radius 3 is 3.00 bits per heavy atom. The highest BCUT2D eigenvalue weighted by atomic mass is 16.7. The fourth-order valence-electron chi connectivity index (χ4n) is 1.72. The lowest BCUT2D eigenvalue weighted by Crippen LogP contribution is -2.26. The van der Waals surface area contributed by atoms with Gasteiger partial charge in [-0.2, -0.15) is 0 Å². The minimum atomic E-state index is -0.155. The third-order valence-corrected chi connectivity index (χ3v) is 2.54. The molecule has 1 fully saturated rings. The van der Waals surface area contributed by atoms with Crippen molar-refractivity contribution in [2.24, 2.45) is 0 Å². The summed E-state index contributed by atoms with van der Waals surface area (Å²) >= 11 is 0. The lowest BCUT2D eigenvalue weighted by atomic mass is 10.1. The molecule has 2 N–H and O–H groups in total. The highest BCUT2D eigenvalue weighted by Crippen LogP contribution is 2.23. The molecule has 1 amide bonds. The van der Waals surface area contributed by atoms with Crippen LogP contribution in [-0.2, 0) is 4.84 Å². The monoisotopic (exact) mass is 236 g/mol. The molecule has 0 radical (unpaired) electrons. The van der Waals surface area contributed by atoms with Gasteiger partial charge in [0.25, 0.3) is 5.91 Å². The van der Waals surface area contributed by atoms with Crippen LogP contribution in [-0.4, -0.2) is 30.7 Å². The van der Waals surface area contributed by atoms with Crippen LogP contribution in [0.25, 0.3) is 0 Å². The normalized spacial score (nSPS) is 15.0. The Balaban J connectivity index is 2.16. The van der Waals surface area contributed by atoms with Gasteiger partial charge in [0.15, 0.2) is 0 Å². The van der Waals surface area contributed by atoms with Crippen molar-refractivity contribution in [1.82, 2.24) is 5.06 Å². The first-order chi connectivity index (χ1) is 8.22. The van der Waals surface area contributed by atoms with Gasteiger partial charge in [0.1, 0.15) is 5.75 Å². The SMILES string of the molecule is CCOc1ccc(C(=O)N2CCCO2)cc1N. The molecule has 0 unspecified atom stereocenters. The molecule has 17 heavy (non-hydrogen) atoms. The van der Waals surface area contributed by atoms with E-state index in [9.17, 15) is 4.79 Å². The third kappa shape index (κ3) is 2.50. The summed E-state index contributed by atoms with van der Waals surface area (Å²) in [6, 6.07) is 5.03. The van der Waals surface area contributed by atoms with Crippen LogP contribution in [0.1, 0.15) is 23.7 Å². The minimum absolute atomic E-state index is 0.155. The van der Waals surface area contributed by atoms with Crippen molar-refractivity contribution in [2.75, 3.05) is 25.5 Å². The summed E-state index contributed by atoms with van der Waals surface area (Å²) < 4.78 is 5.32. The Labute approximate surface area is 100 Å². The largest absolute Gasteiger partial charge is 0.492 e. The molecule has 92 valence electrons. The van der Waals surface area contributed by atoms with Crippen molar-refractivity contribution in [3.63, 3.8) is 0 Å². The second-order valence-electron chi connectivity index (χ2n) is 3.78. The van der Waals surface area contributed by atoms with Gasteiger partial charge in [-0.1, -0.05) is 0 Å². The fourth-order valence-corrected chi connectivity index (χ4v) is 1.72. The number of carbonyl (C=O) groups excluding carboxylic acids is 1. The highest BCUT2D eigenvalue weighted by Gasteiger charge is 2.21. The maximum atomic E-state index is 12.0. The lowest BCUT2D eigenvalue weighted by molar-refractivity contribution is -0.0768. The van der Waals surface area contributed by atoms with Gasteiger partial charge in [0.05, 0.1) is 25.4 Å². The summed E-state index contributed by atoms with van der Waals surface area (Å²) in [6.45, 7) is 3.66. The predicted molar refractivity (Wildman–Crippen MR) is 63.6 cm³/mol. The first-order valence-electron chi connectivity index (χ1n) is 5.69. The number of carbonyl (C=O) groups is 1. The highest BCUT2D eigenvalue weighted by molar-refractivity contribution is 5.94. The van der Waals surface area contributed by atoms with E-state index in [0.29, 0.717) is 36.8 Å². The molecule has 5 heteroatoms. The topological polar surface area (TPSA) is 64.8 Å². The van der Waals surface area contributed by atoms with E-state index in [1.165, 1.54) is 5.06 Å². The van der Waals surface area contributed by atoms with Gasteiger partial charge in [0.2, 0.25) is 0 Å². The van der Waals surface area contributed by atoms with Crippen LogP contribution < -0.4 is 10.5 Å². The Kier molecular flexibility index (Phi) is 3.49. The van der Waals surface area contributed by atoms with Gasteiger partial charge >= 0.3 is 0 Å². The number of nitrogen functional groups attached to an aromatic ring is 1. The Morgan fingerprint density at radius 1 is 1.59 bits per heavy atom. The van der Waals surface area contributed by atoms with Gasteiger partial charge in [-0.15, -0.1) is 0 Å². The number of hydroxylamine groups is 2. The molecule has 1 aliphatic rings. The summed E-state index contributed by atoms with van der Waals surface area (Å²) in [5.74, 6) is 0.448. The van der Waals surface area contributed by atoms with Crippen molar-refractivity contribution in [3.8, 4) is 5.75 Å². The Hall–Kier alpha value is -1.75. The number of nitrogens with two attached hydrogens (primary N) is 1. The average molecular weight is 236 g/mol. The van der Waals surface area contributed by atoms with Gasteiger partial charge < -0.3 is 10.5 Å². The number of nitrogens with zero attached hydrogens (tertiary/aromatic N) is 1. The summed E-state index contributed by atoms with van der Waals surface area (Å²) in [4.78, 5) is 17.2. The van der Waals surface area contributed by atoms with Gasteiger partial charge in [0, 0.05) is 5.56 Å². The van der Waals surface area contributed by atoms with E-state index in [0.717, 1.165) is 6.42 Å². The zero-order chi connectivity index (χ0) is 12.3. The van der Waals surface area contributed by atoms with Crippen LogP contribution in [0.5, 0.6) is 5.75 Å². The van der Waals surface area contributed by atoms with Gasteiger partial charge in [-0.05, 0) is 31.5 Å². The molecule has 2 rings (SSSR count). The van der Waals surface area contributed by atoms with E-state index in [1.54, 1.807) is 18.2 Å². The van der Waals surface area contributed by atoms with Crippen LogP contribution in [0.15, 0.2) is 18.2 Å². The van der Waals surface area contributed by atoms with Crippen molar-refractivity contribution in [1.29, 1.82) is 0 Å². The molecule has 0 spiro atoms. The number of rotatable bonds is 3. The van der Waals surface area contributed by atoms with Gasteiger partial charge in [-0.3, -0.25) is 9.63 Å². The molecule has 1 aromatic carbocycles. The minimum Gasteiger partial charge on any atom is -0.492 e. The van der Waals surface area contributed by atoms with Crippen molar-refractivity contribution in [2.45, 2.75) is 13.3 Å². The zero-order valence-corrected chi connectivity index (χ0v) is 9.81. The Morgan fingerprint density at radius 2 is 2.41 bits per heavy atom. The number of ether oxygens (including phenoxy) is 1. The molecule has 0 bridgehead atoms. The molecule has 0 aromatic heterocycles. The number of hydrogen-bond acceptors (Lipinski definition) is 4. The van der Waals surface area contributed by atoms with E-state index in [4.69, 9.17) is 15.3 Å². The lowest BCUT2D eigenvalue weighted by Gasteiger charge is -2.14. The van der Waals surface area contributed by atoms with E-state index in [-0.39, 0.29) is 5.91 Å². The second kappa shape index (κ2) is 5.05. The van der Waals surface area contributed by atoms with Crippen LogP contribution in [0.2, 0.25) is 0 Å². The molecule has 1 saturated heterocycles. The molecule has 1 aliphatic heterocycles.